The quantitative estimate of drug-likeness (QED) is 0.375. The number of ether oxygens (including phenoxy) is 1. The summed E-state index contributed by atoms with van der Waals surface area (Å²) in [6.45, 7) is 4.78. The SMILES string of the molecule is CC(C)OCCN1C(=O)C(c2ccc([N+](=O)[O-])cc2)=C(N2CCCc3ccccc32)C1=O. The van der Waals surface area contributed by atoms with Crippen LogP contribution < -0.4 is 4.90 Å². The Hall–Kier alpha value is -3.52. The summed E-state index contributed by atoms with van der Waals surface area (Å²) in [5.41, 5.74) is 3.04. The zero-order chi connectivity index (χ0) is 22.8. The molecule has 4 rings (SSSR count). The van der Waals surface area contributed by atoms with Crippen LogP contribution in [0.15, 0.2) is 54.2 Å². The van der Waals surface area contributed by atoms with E-state index in [9.17, 15) is 19.7 Å². The monoisotopic (exact) mass is 435 g/mol. The molecule has 0 fully saturated rings. The van der Waals surface area contributed by atoms with Crippen LogP contribution in [0.2, 0.25) is 0 Å². The number of nitro benzene ring substituents is 1. The van der Waals surface area contributed by atoms with Gasteiger partial charge in [-0.1, -0.05) is 18.2 Å². The second-order valence-corrected chi connectivity index (χ2v) is 8.09. The summed E-state index contributed by atoms with van der Waals surface area (Å²) >= 11 is 0. The fraction of sp³-hybridized carbons (Fsp3) is 0.333. The fourth-order valence-corrected chi connectivity index (χ4v) is 4.17. The molecule has 8 nitrogen and oxygen atoms in total. The van der Waals surface area contributed by atoms with Gasteiger partial charge in [0.05, 0.1) is 29.8 Å². The molecule has 2 heterocycles. The lowest BCUT2D eigenvalue weighted by atomic mass is 9.98. The molecule has 2 aromatic rings. The van der Waals surface area contributed by atoms with Crippen LogP contribution in [0.4, 0.5) is 11.4 Å². The number of hydrogen-bond acceptors (Lipinski definition) is 6. The number of rotatable bonds is 7. The number of carbonyl (C=O) groups excluding carboxylic acids is 2. The van der Waals surface area contributed by atoms with Crippen LogP contribution >= 0.6 is 0 Å². The first-order valence-corrected chi connectivity index (χ1v) is 10.7. The van der Waals surface area contributed by atoms with Gasteiger partial charge in [0, 0.05) is 24.4 Å². The van der Waals surface area contributed by atoms with Crippen molar-refractivity contribution in [2.24, 2.45) is 0 Å². The third-order valence-corrected chi connectivity index (χ3v) is 5.66. The second kappa shape index (κ2) is 8.92. The second-order valence-electron chi connectivity index (χ2n) is 8.09. The minimum atomic E-state index is -0.489. The molecule has 8 heteroatoms. The van der Waals surface area contributed by atoms with Gasteiger partial charge in [-0.3, -0.25) is 24.6 Å². The lowest BCUT2D eigenvalue weighted by molar-refractivity contribution is -0.384. The van der Waals surface area contributed by atoms with E-state index in [1.165, 1.54) is 29.2 Å². The molecule has 0 aromatic heterocycles. The van der Waals surface area contributed by atoms with Crippen molar-refractivity contribution >= 4 is 28.8 Å². The van der Waals surface area contributed by atoms with E-state index in [0.29, 0.717) is 17.8 Å². The maximum Gasteiger partial charge on any atom is 0.278 e. The maximum atomic E-state index is 13.5. The number of nitro groups is 1. The molecule has 0 unspecified atom stereocenters. The molecule has 0 saturated heterocycles. The number of aryl methyl sites for hydroxylation is 1. The summed E-state index contributed by atoms with van der Waals surface area (Å²) in [7, 11) is 0. The highest BCUT2D eigenvalue weighted by Crippen LogP contribution is 2.38. The predicted octanol–water partition coefficient (Wildman–Crippen LogP) is 3.55. The van der Waals surface area contributed by atoms with Gasteiger partial charge in [-0.2, -0.15) is 0 Å². The Balaban J connectivity index is 1.78. The molecule has 2 aliphatic rings. The molecule has 0 aliphatic carbocycles. The van der Waals surface area contributed by atoms with Crippen LogP contribution in [0.3, 0.4) is 0 Å². The minimum absolute atomic E-state index is 0.0154. The van der Waals surface area contributed by atoms with Crippen molar-refractivity contribution in [1.82, 2.24) is 4.90 Å². The van der Waals surface area contributed by atoms with E-state index in [0.717, 1.165) is 24.1 Å². The summed E-state index contributed by atoms with van der Waals surface area (Å²) < 4.78 is 5.57. The Morgan fingerprint density at radius 1 is 1.06 bits per heavy atom. The number of para-hydroxylation sites is 1. The highest BCUT2D eigenvalue weighted by atomic mass is 16.6. The van der Waals surface area contributed by atoms with E-state index in [4.69, 9.17) is 4.74 Å². The molecular formula is C24H25N3O5. The van der Waals surface area contributed by atoms with Gasteiger partial charge in [-0.05, 0) is 56.0 Å². The number of benzene rings is 2. The van der Waals surface area contributed by atoms with Gasteiger partial charge in [-0.25, -0.2) is 0 Å². The first-order chi connectivity index (χ1) is 15.4. The number of amides is 2. The number of fused-ring (bicyclic) bond motifs is 1. The standard InChI is InChI=1S/C24H25N3O5/c1-16(2)32-15-14-26-23(28)21(18-9-11-19(12-10-18)27(30)31)22(24(26)29)25-13-5-7-17-6-3-4-8-20(17)25/h3-4,6,8-12,16H,5,7,13-15H2,1-2H3. The highest BCUT2D eigenvalue weighted by molar-refractivity contribution is 6.36. The molecular weight excluding hydrogens is 410 g/mol. The molecule has 2 amide bonds. The van der Waals surface area contributed by atoms with Crippen molar-refractivity contribution in [2.45, 2.75) is 32.8 Å². The van der Waals surface area contributed by atoms with E-state index >= 15 is 0 Å². The predicted molar refractivity (Wildman–Crippen MR) is 120 cm³/mol. The number of nitrogens with zero attached hydrogens (tertiary/aromatic N) is 3. The first kappa shape index (κ1) is 21.7. The van der Waals surface area contributed by atoms with Gasteiger partial charge in [-0.15, -0.1) is 0 Å². The Labute approximate surface area is 186 Å². The molecule has 0 radical (unpaired) electrons. The van der Waals surface area contributed by atoms with E-state index in [2.05, 4.69) is 0 Å². The average molecular weight is 435 g/mol. The van der Waals surface area contributed by atoms with Gasteiger partial charge in [0.25, 0.3) is 17.5 Å². The summed E-state index contributed by atoms with van der Waals surface area (Å²) in [6.07, 6.45) is 1.74. The van der Waals surface area contributed by atoms with E-state index in [1.54, 1.807) is 0 Å². The molecule has 32 heavy (non-hydrogen) atoms. The van der Waals surface area contributed by atoms with E-state index < -0.39 is 10.8 Å². The summed E-state index contributed by atoms with van der Waals surface area (Å²) in [6, 6.07) is 13.6. The van der Waals surface area contributed by atoms with Crippen molar-refractivity contribution in [1.29, 1.82) is 0 Å². The maximum absolute atomic E-state index is 13.5. The molecule has 0 saturated carbocycles. The Morgan fingerprint density at radius 3 is 2.47 bits per heavy atom. The van der Waals surface area contributed by atoms with Crippen LogP contribution in [0.5, 0.6) is 0 Å². The molecule has 2 aromatic carbocycles. The zero-order valence-electron chi connectivity index (χ0n) is 18.1. The number of non-ortho nitro benzene ring substituents is 1. The van der Waals surface area contributed by atoms with Crippen LogP contribution in [0, 0.1) is 10.1 Å². The van der Waals surface area contributed by atoms with Gasteiger partial charge in [0.2, 0.25) is 0 Å². The lowest BCUT2D eigenvalue weighted by Gasteiger charge is -2.32. The Bertz CT molecular complexity index is 1090. The number of carbonyl (C=O) groups is 2. The minimum Gasteiger partial charge on any atom is -0.377 e. The first-order valence-electron chi connectivity index (χ1n) is 10.7. The third kappa shape index (κ3) is 4.01. The van der Waals surface area contributed by atoms with Gasteiger partial charge < -0.3 is 9.64 Å². The topological polar surface area (TPSA) is 93.0 Å². The molecule has 0 atom stereocenters. The van der Waals surface area contributed by atoms with Crippen molar-refractivity contribution in [2.75, 3.05) is 24.6 Å². The Kier molecular flexibility index (Phi) is 6.05. The van der Waals surface area contributed by atoms with E-state index in [1.807, 2.05) is 43.0 Å². The Morgan fingerprint density at radius 2 is 1.78 bits per heavy atom. The lowest BCUT2D eigenvalue weighted by Crippen LogP contribution is -2.39. The smallest absolute Gasteiger partial charge is 0.278 e. The molecule has 0 N–H and O–H groups in total. The van der Waals surface area contributed by atoms with Crippen LogP contribution in [-0.4, -0.2) is 47.4 Å². The number of anilines is 1. The summed E-state index contributed by atoms with van der Waals surface area (Å²) in [5.74, 6) is -0.776. The number of hydrogen-bond donors (Lipinski definition) is 0. The third-order valence-electron chi connectivity index (χ3n) is 5.66. The fourth-order valence-electron chi connectivity index (χ4n) is 4.17. The van der Waals surface area contributed by atoms with Crippen LogP contribution in [0.25, 0.3) is 5.57 Å². The van der Waals surface area contributed by atoms with Gasteiger partial charge in [0.15, 0.2) is 0 Å². The van der Waals surface area contributed by atoms with Crippen molar-refractivity contribution < 1.29 is 19.2 Å². The molecule has 2 aliphatic heterocycles. The largest absolute Gasteiger partial charge is 0.377 e. The van der Waals surface area contributed by atoms with Gasteiger partial charge >= 0.3 is 0 Å². The van der Waals surface area contributed by atoms with Crippen LogP contribution in [-0.2, 0) is 20.7 Å². The van der Waals surface area contributed by atoms with Crippen LogP contribution in [0.1, 0.15) is 31.4 Å². The summed E-state index contributed by atoms with van der Waals surface area (Å²) in [4.78, 5) is 40.6. The van der Waals surface area contributed by atoms with Crippen molar-refractivity contribution in [3.8, 4) is 0 Å². The normalized spacial score (nSPS) is 16.2. The molecule has 0 spiro atoms. The average Bonchev–Trinajstić information content (AvgIpc) is 3.03. The molecule has 166 valence electrons. The molecule has 0 bridgehead atoms. The van der Waals surface area contributed by atoms with Gasteiger partial charge in [0.1, 0.15) is 5.70 Å². The highest BCUT2D eigenvalue weighted by Gasteiger charge is 2.42. The van der Waals surface area contributed by atoms with E-state index in [-0.39, 0.29) is 36.4 Å². The zero-order valence-corrected chi connectivity index (χ0v) is 18.1. The van der Waals surface area contributed by atoms with Crippen molar-refractivity contribution in [3.63, 3.8) is 0 Å². The number of imide groups is 1. The summed E-state index contributed by atoms with van der Waals surface area (Å²) in [5, 5.41) is 11.1. The van der Waals surface area contributed by atoms with Crippen molar-refractivity contribution in [3.05, 3.63) is 75.5 Å².